The normalized spacial score (nSPS) is 9.52. The summed E-state index contributed by atoms with van der Waals surface area (Å²) in [7, 11) is 0. The third-order valence-electron chi connectivity index (χ3n) is 2.49. The molecule has 0 fully saturated rings. The Morgan fingerprint density at radius 1 is 0.714 bits per heavy atom. The van der Waals surface area contributed by atoms with Crippen molar-refractivity contribution in [1.82, 2.24) is 0 Å². The Bertz CT molecular complexity index is 575. The molecule has 3 nitrogen and oxygen atoms in total. The Labute approximate surface area is 139 Å². The van der Waals surface area contributed by atoms with E-state index < -0.39 is 0 Å². The third kappa shape index (κ3) is 7.40. The van der Waals surface area contributed by atoms with Crippen LogP contribution in [0.3, 0.4) is 0 Å². The number of benzene rings is 2. The Morgan fingerprint density at radius 3 is 1.81 bits per heavy atom. The molecule has 0 aromatic heterocycles. The number of hydrogen-bond donors (Lipinski definition) is 1. The van der Waals surface area contributed by atoms with Crippen LogP contribution in [0.1, 0.15) is 0 Å². The van der Waals surface area contributed by atoms with Gasteiger partial charge in [0.1, 0.15) is 0 Å². The van der Waals surface area contributed by atoms with Crippen molar-refractivity contribution in [2.45, 2.75) is 0 Å². The Kier molecular flexibility index (Phi) is 8.77. The molecule has 0 saturated carbocycles. The summed E-state index contributed by atoms with van der Waals surface area (Å²) in [5.74, 6) is 0. The average molecular weight is 359 g/mol. The molecule has 2 N–H and O–H groups in total. The van der Waals surface area contributed by atoms with Crippen molar-refractivity contribution in [2.75, 3.05) is 0 Å². The van der Waals surface area contributed by atoms with Gasteiger partial charge in [-0.3, -0.25) is 0 Å². The largest absolute Gasteiger partial charge is 2.00 e. The van der Waals surface area contributed by atoms with Crippen molar-refractivity contribution in [3.8, 4) is 0 Å². The first-order valence-electron chi connectivity index (χ1n) is 6.46. The van der Waals surface area contributed by atoms with E-state index in [0.717, 1.165) is 11.4 Å². The number of nitrogens with zero attached hydrogens (tertiary/aromatic N) is 2. The molecule has 4 heteroatoms. The van der Waals surface area contributed by atoms with Crippen molar-refractivity contribution >= 4 is 11.4 Å². The molecule has 0 radical (unpaired) electrons. The minimum atomic E-state index is 0. The molecule has 21 heavy (non-hydrogen) atoms. The average Bonchev–Trinajstić information content (AvgIpc) is 3.09. The van der Waals surface area contributed by atoms with Crippen LogP contribution in [0.4, 0.5) is 11.4 Å². The summed E-state index contributed by atoms with van der Waals surface area (Å²) in [6.45, 7) is 0. The zero-order valence-electron chi connectivity index (χ0n) is 11.5. The van der Waals surface area contributed by atoms with Gasteiger partial charge in [-0.2, -0.15) is 23.6 Å². The second-order valence-corrected chi connectivity index (χ2v) is 4.05. The zero-order chi connectivity index (χ0) is 13.9. The van der Waals surface area contributed by atoms with Gasteiger partial charge < -0.3 is 0 Å². The van der Waals surface area contributed by atoms with Crippen LogP contribution in [0.2, 0.25) is 0 Å². The molecular weight excluding hydrogens is 342 g/mol. The van der Waals surface area contributed by atoms with E-state index in [-0.39, 0.29) is 21.1 Å². The minimum Gasteiger partial charge on any atom is -0.214 e. The monoisotopic (exact) mass is 361 g/mol. The van der Waals surface area contributed by atoms with E-state index in [4.69, 9.17) is 0 Å². The smallest absolute Gasteiger partial charge is 0.214 e. The molecule has 3 aromatic rings. The minimum absolute atomic E-state index is 0. The molecule has 0 heterocycles. The first kappa shape index (κ1) is 17.1. The molecule has 0 saturated heterocycles. The Balaban J connectivity index is 0.000000313. The van der Waals surface area contributed by atoms with Gasteiger partial charge in [0, 0.05) is 17.4 Å². The van der Waals surface area contributed by atoms with Crippen molar-refractivity contribution in [1.29, 1.82) is 0 Å². The van der Waals surface area contributed by atoms with E-state index >= 15 is 0 Å². The molecule has 104 valence electrons. The molecule has 0 aliphatic heterocycles. The Morgan fingerprint density at radius 2 is 1.29 bits per heavy atom. The van der Waals surface area contributed by atoms with Crippen molar-refractivity contribution in [3.63, 3.8) is 0 Å². The first-order chi connectivity index (χ1) is 9.95. The predicted molar refractivity (Wildman–Crippen MR) is 81.0 cm³/mol. The fourth-order valence-electron chi connectivity index (χ4n) is 1.52. The van der Waals surface area contributed by atoms with Gasteiger partial charge in [-0.15, -0.1) is 5.11 Å². The number of rotatable bonds is 3. The molecule has 3 rings (SSSR count). The van der Waals surface area contributed by atoms with Gasteiger partial charge in [-0.05, 0) is 12.1 Å². The van der Waals surface area contributed by atoms with Gasteiger partial charge in [0.15, 0.2) is 5.69 Å². The van der Waals surface area contributed by atoms with E-state index in [1.54, 1.807) is 5.43 Å². The van der Waals surface area contributed by atoms with Crippen molar-refractivity contribution in [3.05, 3.63) is 91.0 Å². The molecule has 0 spiro atoms. The molecule has 0 unspecified atom stereocenters. The summed E-state index contributed by atoms with van der Waals surface area (Å²) in [5.41, 5.74) is 3.66. The molecule has 0 aliphatic rings. The summed E-state index contributed by atoms with van der Waals surface area (Å²) in [5, 5.41) is 8.08. The first-order valence-corrected chi connectivity index (χ1v) is 6.46. The van der Waals surface area contributed by atoms with E-state index in [9.17, 15) is 0 Å². The van der Waals surface area contributed by atoms with Crippen LogP contribution in [0.5, 0.6) is 0 Å². The van der Waals surface area contributed by atoms with Crippen LogP contribution in [0, 0.1) is 0 Å². The zero-order valence-corrected chi connectivity index (χ0v) is 13.5. The van der Waals surface area contributed by atoms with Gasteiger partial charge in [-0.25, -0.2) is 12.1 Å². The third-order valence-corrected chi connectivity index (χ3v) is 2.49. The maximum atomic E-state index is 4.07. The van der Waals surface area contributed by atoms with Gasteiger partial charge in [0.25, 0.3) is 0 Å². The molecular formula is C17H17MoN3+2. The fourth-order valence-corrected chi connectivity index (χ4v) is 1.52. The Hall–Kier alpha value is -1.96. The maximum absolute atomic E-state index is 4.07. The van der Waals surface area contributed by atoms with Crippen LogP contribution >= 0.6 is 0 Å². The second-order valence-electron chi connectivity index (χ2n) is 4.05. The van der Waals surface area contributed by atoms with Gasteiger partial charge in [0.05, 0.1) is 5.69 Å². The molecule has 0 bridgehead atoms. The van der Waals surface area contributed by atoms with Crippen LogP contribution in [-0.2, 0) is 21.1 Å². The van der Waals surface area contributed by atoms with Gasteiger partial charge in [0.2, 0.25) is 0 Å². The second kappa shape index (κ2) is 10.8. The summed E-state index contributed by atoms with van der Waals surface area (Å²) in [6, 6.07) is 29.6. The molecule has 0 atom stereocenters. The molecule has 0 aliphatic carbocycles. The van der Waals surface area contributed by atoms with Gasteiger partial charge in [-0.1, -0.05) is 36.4 Å². The van der Waals surface area contributed by atoms with E-state index in [1.165, 1.54) is 0 Å². The summed E-state index contributed by atoms with van der Waals surface area (Å²) in [4.78, 5) is 0. The number of hydrogen-bond acceptors (Lipinski definition) is 2. The quantitative estimate of drug-likeness (QED) is 0.184. The fraction of sp³-hybridized carbons (Fsp3) is 0. The van der Waals surface area contributed by atoms with E-state index in [0.29, 0.717) is 0 Å². The van der Waals surface area contributed by atoms with Crippen LogP contribution in [-0.4, -0.2) is 0 Å². The van der Waals surface area contributed by atoms with Crippen molar-refractivity contribution in [2.24, 2.45) is 10.3 Å². The van der Waals surface area contributed by atoms with E-state index in [1.807, 2.05) is 91.0 Å². The summed E-state index contributed by atoms with van der Waals surface area (Å²) >= 11 is 0. The summed E-state index contributed by atoms with van der Waals surface area (Å²) < 4.78 is 0. The summed E-state index contributed by atoms with van der Waals surface area (Å²) in [6.07, 6.45) is 0. The van der Waals surface area contributed by atoms with Crippen LogP contribution in [0.25, 0.3) is 0 Å². The predicted octanol–water partition coefficient (Wildman–Crippen LogP) is 3.98. The number of quaternary nitrogens is 1. The maximum Gasteiger partial charge on any atom is 2.00 e. The van der Waals surface area contributed by atoms with Crippen LogP contribution in [0.15, 0.2) is 101 Å². The van der Waals surface area contributed by atoms with Gasteiger partial charge >= 0.3 is 21.1 Å². The molecule has 3 aromatic carbocycles. The van der Waals surface area contributed by atoms with Crippen molar-refractivity contribution < 1.29 is 26.5 Å². The van der Waals surface area contributed by atoms with E-state index in [2.05, 4.69) is 10.3 Å². The topological polar surface area (TPSA) is 41.3 Å². The molecule has 0 amide bonds. The number of nitrogens with two attached hydrogens (primary N) is 1. The SMILES string of the molecule is [Mo+2].c1cc[cH-]c1.c1ccc(N=N[NH2+]c2ccccc2)cc1. The standard InChI is InChI=1S/C12H11N3.C5H5.Mo/c1-3-7-11(8-4-1)13-15-14-12-9-5-2-6-10-12;1-2-4-5-3-1;/h1-10H,(H,13,14);1-5H;/q;-1;+2/p+1. The van der Waals surface area contributed by atoms with Crippen LogP contribution < -0.4 is 5.43 Å².